The Balaban J connectivity index is 1.65. The maximum atomic E-state index is 11.3. The van der Waals surface area contributed by atoms with Crippen molar-refractivity contribution in [1.29, 1.82) is 0 Å². The molecular weight excluding hydrogens is 522 g/mol. The van der Waals surface area contributed by atoms with Gasteiger partial charge in [-0.2, -0.15) is 8.42 Å². The van der Waals surface area contributed by atoms with Gasteiger partial charge in [-0.1, -0.05) is 43.3 Å². The number of hydrogen-bond donors (Lipinski definition) is 1. The Morgan fingerprint density at radius 2 is 2.11 bits per heavy atom. The van der Waals surface area contributed by atoms with Crippen LogP contribution in [0, 0.1) is 5.92 Å². The maximum Gasteiger partial charge on any atom is 0.264 e. The molecule has 2 atom stereocenters. The van der Waals surface area contributed by atoms with E-state index in [4.69, 9.17) is 16.3 Å². The van der Waals surface area contributed by atoms with Crippen LogP contribution in [-0.4, -0.2) is 37.6 Å². The summed E-state index contributed by atoms with van der Waals surface area (Å²) in [5, 5.41) is 2.06. The molecule has 2 unspecified atom stereocenters. The highest BCUT2D eigenvalue weighted by atomic mass is 35.5. The SMILES string of the molecule is CCC1=C(/C=C(/C=C2\Sc3ccc(Cl)cc3N2CCCS(=O)(=O)O)CC)SC2C=CC(OC)=CC12. The standard InChI is InChI=1S/C26H30ClNO4S3/c1-4-17(13-25-20(5-2)21-16-19(32-3)8-10-23(21)33-25)14-26-28(11-6-12-35(29,30)31)22-15-18(27)7-9-24(22)34-26/h7-10,13-16,21,23H,4-6,11-12H2,1-3H3,(H,29,30,31)/b17-13+,26-14-. The van der Waals surface area contributed by atoms with Crippen LogP contribution in [0.25, 0.3) is 0 Å². The Bertz CT molecular complexity index is 1250. The van der Waals surface area contributed by atoms with Gasteiger partial charge in [0.15, 0.2) is 0 Å². The quantitative estimate of drug-likeness (QED) is 0.325. The number of hydrogen-bond acceptors (Lipinski definition) is 6. The molecule has 0 saturated carbocycles. The van der Waals surface area contributed by atoms with Gasteiger partial charge in [-0.05, 0) is 72.9 Å². The van der Waals surface area contributed by atoms with E-state index in [1.807, 2.05) is 30.0 Å². The Kier molecular flexibility index (Phi) is 8.49. The largest absolute Gasteiger partial charge is 0.497 e. The molecule has 1 aliphatic carbocycles. The lowest BCUT2D eigenvalue weighted by molar-refractivity contribution is 0.301. The number of thioether (sulfide) groups is 2. The minimum atomic E-state index is -4.01. The van der Waals surface area contributed by atoms with Gasteiger partial charge in [-0.25, -0.2) is 0 Å². The van der Waals surface area contributed by atoms with E-state index in [0.29, 0.717) is 29.2 Å². The van der Waals surface area contributed by atoms with Crippen LogP contribution in [0.4, 0.5) is 5.69 Å². The van der Waals surface area contributed by atoms with Crippen LogP contribution in [0.2, 0.25) is 5.02 Å². The molecule has 4 rings (SSSR count). The van der Waals surface area contributed by atoms with Crippen molar-refractivity contribution in [2.45, 2.75) is 43.3 Å². The van der Waals surface area contributed by atoms with Crippen LogP contribution in [-0.2, 0) is 14.9 Å². The van der Waals surface area contributed by atoms with E-state index >= 15 is 0 Å². The molecule has 188 valence electrons. The van der Waals surface area contributed by atoms with Crippen molar-refractivity contribution in [3.8, 4) is 0 Å². The predicted octanol–water partition coefficient (Wildman–Crippen LogP) is 7.20. The van der Waals surface area contributed by atoms with Gasteiger partial charge in [-0.15, -0.1) is 11.8 Å². The second-order valence-electron chi connectivity index (χ2n) is 8.54. The Labute approximate surface area is 221 Å². The fourth-order valence-electron chi connectivity index (χ4n) is 4.50. The smallest absolute Gasteiger partial charge is 0.264 e. The summed E-state index contributed by atoms with van der Waals surface area (Å²) in [6, 6.07) is 5.78. The molecule has 3 aliphatic rings. The molecule has 0 bridgehead atoms. The molecule has 0 fully saturated rings. The molecule has 9 heteroatoms. The van der Waals surface area contributed by atoms with E-state index in [0.717, 1.165) is 34.2 Å². The molecular formula is C26H30ClNO4S3. The van der Waals surface area contributed by atoms with E-state index in [-0.39, 0.29) is 5.75 Å². The highest BCUT2D eigenvalue weighted by molar-refractivity contribution is 8.04. The van der Waals surface area contributed by atoms with Crippen molar-refractivity contribution in [2.24, 2.45) is 5.92 Å². The molecule has 1 N–H and O–H groups in total. The molecule has 35 heavy (non-hydrogen) atoms. The first kappa shape index (κ1) is 26.5. The number of fused-ring (bicyclic) bond motifs is 2. The van der Waals surface area contributed by atoms with Gasteiger partial charge in [0.25, 0.3) is 10.1 Å². The van der Waals surface area contributed by atoms with Crippen LogP contribution in [0.3, 0.4) is 0 Å². The van der Waals surface area contributed by atoms with Gasteiger partial charge >= 0.3 is 0 Å². The zero-order chi connectivity index (χ0) is 25.2. The molecule has 5 nitrogen and oxygen atoms in total. The third-order valence-corrected chi connectivity index (χ3v) is 9.77. The van der Waals surface area contributed by atoms with Crippen molar-refractivity contribution >= 4 is 50.9 Å². The number of rotatable bonds is 9. The minimum absolute atomic E-state index is 0.273. The molecule has 1 aromatic rings. The highest BCUT2D eigenvalue weighted by Gasteiger charge is 2.33. The summed E-state index contributed by atoms with van der Waals surface area (Å²) in [6.07, 6.45) is 13.2. The van der Waals surface area contributed by atoms with E-state index < -0.39 is 10.1 Å². The van der Waals surface area contributed by atoms with Crippen molar-refractivity contribution in [3.63, 3.8) is 0 Å². The summed E-state index contributed by atoms with van der Waals surface area (Å²) in [5.74, 6) is 0.996. The molecule has 0 aromatic heterocycles. The van der Waals surface area contributed by atoms with Crippen LogP contribution >= 0.6 is 35.1 Å². The van der Waals surface area contributed by atoms with Crippen LogP contribution in [0.1, 0.15) is 33.1 Å². The third kappa shape index (κ3) is 6.23. The lowest BCUT2D eigenvalue weighted by Gasteiger charge is -2.21. The zero-order valence-electron chi connectivity index (χ0n) is 20.0. The number of nitrogens with zero attached hydrogens (tertiary/aromatic N) is 1. The summed E-state index contributed by atoms with van der Waals surface area (Å²) >= 11 is 9.83. The molecule has 0 radical (unpaired) electrons. The minimum Gasteiger partial charge on any atom is -0.497 e. The molecule has 0 spiro atoms. The van der Waals surface area contributed by atoms with Crippen molar-refractivity contribution in [1.82, 2.24) is 0 Å². The number of benzene rings is 1. The third-order valence-electron chi connectivity index (χ3n) is 6.26. The fourth-order valence-corrected chi connectivity index (χ4v) is 7.79. The lowest BCUT2D eigenvalue weighted by atomic mass is 9.89. The normalized spacial score (nSPS) is 23.1. The first-order chi connectivity index (χ1) is 16.7. The number of anilines is 1. The second-order valence-corrected chi connectivity index (χ2v) is 12.8. The highest BCUT2D eigenvalue weighted by Crippen LogP contribution is 2.49. The lowest BCUT2D eigenvalue weighted by Crippen LogP contribution is -2.21. The van der Waals surface area contributed by atoms with Gasteiger partial charge in [-0.3, -0.25) is 4.55 Å². The number of allylic oxidation sites excluding steroid dienone is 6. The summed E-state index contributed by atoms with van der Waals surface area (Å²) in [7, 11) is -2.30. The fraction of sp³-hybridized carbons (Fsp3) is 0.385. The van der Waals surface area contributed by atoms with E-state index in [1.54, 1.807) is 18.9 Å². The van der Waals surface area contributed by atoms with Gasteiger partial charge in [0.2, 0.25) is 0 Å². The van der Waals surface area contributed by atoms with Crippen LogP contribution in [0.5, 0.6) is 0 Å². The summed E-state index contributed by atoms with van der Waals surface area (Å²) < 4.78 is 37.2. The van der Waals surface area contributed by atoms with Crippen LogP contribution in [0.15, 0.2) is 80.3 Å². The average Bonchev–Trinajstić information content (AvgIpc) is 3.33. The summed E-state index contributed by atoms with van der Waals surface area (Å²) in [5.41, 5.74) is 3.61. The van der Waals surface area contributed by atoms with E-state index in [9.17, 15) is 13.0 Å². The zero-order valence-corrected chi connectivity index (χ0v) is 23.2. The number of halogens is 1. The summed E-state index contributed by atoms with van der Waals surface area (Å²) in [4.78, 5) is 4.50. The second kappa shape index (κ2) is 11.2. The monoisotopic (exact) mass is 551 g/mol. The molecule has 1 aromatic carbocycles. The molecule has 0 saturated heterocycles. The number of ether oxygens (including phenoxy) is 1. The molecule has 2 heterocycles. The predicted molar refractivity (Wildman–Crippen MR) is 149 cm³/mol. The van der Waals surface area contributed by atoms with Gasteiger partial charge in [0.1, 0.15) is 5.76 Å². The van der Waals surface area contributed by atoms with Crippen molar-refractivity contribution < 1.29 is 17.7 Å². The summed E-state index contributed by atoms with van der Waals surface area (Å²) in [6.45, 7) is 4.83. The first-order valence-electron chi connectivity index (χ1n) is 11.7. The van der Waals surface area contributed by atoms with Gasteiger partial charge in [0, 0.05) is 32.5 Å². The Hall–Kier alpha value is -1.58. The Morgan fingerprint density at radius 3 is 2.80 bits per heavy atom. The van der Waals surface area contributed by atoms with Crippen LogP contribution < -0.4 is 4.90 Å². The molecule has 0 amide bonds. The topological polar surface area (TPSA) is 66.8 Å². The van der Waals surface area contributed by atoms with E-state index in [2.05, 4.69) is 49.1 Å². The first-order valence-corrected chi connectivity index (χ1v) is 15.4. The van der Waals surface area contributed by atoms with Gasteiger partial charge in [0.05, 0.1) is 23.6 Å². The van der Waals surface area contributed by atoms with Crippen molar-refractivity contribution in [3.05, 3.63) is 80.4 Å². The maximum absolute atomic E-state index is 11.3. The van der Waals surface area contributed by atoms with Crippen molar-refractivity contribution in [2.75, 3.05) is 24.3 Å². The Morgan fingerprint density at radius 1 is 1.31 bits per heavy atom. The molecule has 2 aliphatic heterocycles. The number of methoxy groups -OCH3 is 1. The average molecular weight is 552 g/mol. The van der Waals surface area contributed by atoms with E-state index in [1.165, 1.54) is 16.1 Å². The van der Waals surface area contributed by atoms with Gasteiger partial charge < -0.3 is 9.64 Å².